The number of nitrogens with zero attached hydrogens (tertiary/aromatic N) is 5. The van der Waals surface area contributed by atoms with Gasteiger partial charge in [-0.3, -0.25) is 4.90 Å². The molecule has 0 radical (unpaired) electrons. The molecule has 38 heavy (non-hydrogen) atoms. The van der Waals surface area contributed by atoms with Crippen molar-refractivity contribution >= 4 is 21.3 Å². The molecule has 0 spiro atoms. The Balaban J connectivity index is 1.13. The van der Waals surface area contributed by atoms with Crippen LogP contribution in [0.25, 0.3) is 0 Å². The Labute approximate surface area is 219 Å². The lowest BCUT2D eigenvalue weighted by atomic mass is 9.91. The van der Waals surface area contributed by atoms with Crippen molar-refractivity contribution in [2.24, 2.45) is 0 Å². The lowest BCUT2D eigenvalue weighted by molar-refractivity contribution is -0.107. The van der Waals surface area contributed by atoms with Crippen LogP contribution in [0.1, 0.15) is 48.9 Å². The molecule has 2 bridgehead atoms. The first-order chi connectivity index (χ1) is 18.2. The molecule has 3 fully saturated rings. The van der Waals surface area contributed by atoms with E-state index in [0.717, 1.165) is 43.8 Å². The number of hydrogen-bond donors (Lipinski definition) is 1. The van der Waals surface area contributed by atoms with Crippen LogP contribution in [0.15, 0.2) is 33.9 Å². The molecule has 1 aliphatic carbocycles. The summed E-state index contributed by atoms with van der Waals surface area (Å²) in [5, 5.41) is 7.07. The Hall–Kier alpha value is -3.16. The van der Waals surface area contributed by atoms with E-state index in [1.54, 1.807) is 6.92 Å². The lowest BCUT2D eigenvalue weighted by Crippen LogP contribution is -2.58. The Bertz CT molecular complexity index is 1430. The third-order valence-electron chi connectivity index (χ3n) is 7.31. The molecule has 1 N–H and O–H groups in total. The molecule has 3 aromatic rings. The first-order valence-corrected chi connectivity index (χ1v) is 14.5. The molecule has 13 heteroatoms. The molecule has 2 aliphatic heterocycles. The standard InChI is InChI=1S/C25H29FN6O5S/c1-14-23(29-21-6-5-19(9-20(21)26)38(2,33)34)27-13-28-25(14)36-18-7-16-11-35-12-17(8-18)32(16)10-22-30-24(31-37-22)15-3-4-15/h5-6,9,13,15-18H,3-4,7-8,10-12H2,1-2H3,(H,27,28,29). The van der Waals surface area contributed by atoms with Crippen LogP contribution in [0.4, 0.5) is 15.9 Å². The van der Waals surface area contributed by atoms with Gasteiger partial charge in [-0.2, -0.15) is 4.98 Å². The van der Waals surface area contributed by atoms with Crippen molar-refractivity contribution in [2.75, 3.05) is 24.8 Å². The van der Waals surface area contributed by atoms with Gasteiger partial charge in [0.1, 0.15) is 24.1 Å². The van der Waals surface area contributed by atoms with Crippen molar-refractivity contribution in [3.8, 4) is 5.88 Å². The van der Waals surface area contributed by atoms with E-state index in [1.807, 2.05) is 0 Å². The number of sulfone groups is 1. The zero-order valence-electron chi connectivity index (χ0n) is 21.1. The second-order valence-electron chi connectivity index (χ2n) is 10.2. The Morgan fingerprint density at radius 2 is 1.95 bits per heavy atom. The molecular formula is C25H29FN6O5S. The van der Waals surface area contributed by atoms with Crippen LogP contribution in [0, 0.1) is 12.7 Å². The van der Waals surface area contributed by atoms with Gasteiger partial charge in [-0.05, 0) is 38.0 Å². The second kappa shape index (κ2) is 9.86. The van der Waals surface area contributed by atoms with Gasteiger partial charge >= 0.3 is 0 Å². The van der Waals surface area contributed by atoms with Crippen LogP contribution in [0.3, 0.4) is 0 Å². The number of fused-ring (bicyclic) bond motifs is 2. The maximum atomic E-state index is 14.6. The average molecular weight is 545 g/mol. The number of hydrogen-bond acceptors (Lipinski definition) is 11. The van der Waals surface area contributed by atoms with E-state index in [0.29, 0.717) is 48.8 Å². The van der Waals surface area contributed by atoms with Crippen molar-refractivity contribution in [2.45, 2.75) is 68.2 Å². The first kappa shape index (κ1) is 25.1. The predicted molar refractivity (Wildman–Crippen MR) is 133 cm³/mol. The fourth-order valence-electron chi connectivity index (χ4n) is 5.08. The summed E-state index contributed by atoms with van der Waals surface area (Å²) in [7, 11) is -3.51. The smallest absolute Gasteiger partial charge is 0.240 e. The molecule has 11 nitrogen and oxygen atoms in total. The van der Waals surface area contributed by atoms with E-state index >= 15 is 0 Å². The van der Waals surface area contributed by atoms with Crippen molar-refractivity contribution < 1.29 is 26.8 Å². The topological polar surface area (TPSA) is 133 Å². The van der Waals surface area contributed by atoms with Gasteiger partial charge in [-0.1, -0.05) is 5.16 Å². The van der Waals surface area contributed by atoms with Gasteiger partial charge < -0.3 is 19.3 Å². The summed E-state index contributed by atoms with van der Waals surface area (Å²) < 4.78 is 55.7. The summed E-state index contributed by atoms with van der Waals surface area (Å²) in [5.41, 5.74) is 0.734. The zero-order valence-corrected chi connectivity index (χ0v) is 21.9. The average Bonchev–Trinajstić information content (AvgIpc) is 3.61. The predicted octanol–water partition coefficient (Wildman–Crippen LogP) is 3.14. The number of halogens is 1. The molecule has 202 valence electrons. The van der Waals surface area contributed by atoms with Crippen molar-refractivity contribution in [3.05, 3.63) is 47.6 Å². The molecule has 1 aromatic carbocycles. The zero-order chi connectivity index (χ0) is 26.4. The third-order valence-corrected chi connectivity index (χ3v) is 8.42. The second-order valence-corrected chi connectivity index (χ2v) is 12.3. The van der Waals surface area contributed by atoms with E-state index < -0.39 is 15.7 Å². The number of aromatic nitrogens is 4. The highest BCUT2D eigenvalue weighted by Crippen LogP contribution is 2.38. The van der Waals surface area contributed by atoms with Gasteiger partial charge in [-0.25, -0.2) is 22.8 Å². The molecule has 3 aliphatic rings. The highest BCUT2D eigenvalue weighted by atomic mass is 32.2. The van der Waals surface area contributed by atoms with Crippen molar-refractivity contribution in [1.82, 2.24) is 25.0 Å². The minimum atomic E-state index is -3.51. The van der Waals surface area contributed by atoms with E-state index in [9.17, 15) is 12.8 Å². The number of ether oxygens (including phenoxy) is 2. The monoisotopic (exact) mass is 544 g/mol. The van der Waals surface area contributed by atoms with Gasteiger partial charge in [0, 0.05) is 37.1 Å². The molecule has 2 unspecified atom stereocenters. The highest BCUT2D eigenvalue weighted by molar-refractivity contribution is 7.90. The molecule has 4 heterocycles. The summed E-state index contributed by atoms with van der Waals surface area (Å²) in [6, 6.07) is 4.00. The lowest BCUT2D eigenvalue weighted by Gasteiger charge is -2.47. The SMILES string of the molecule is Cc1c(Nc2ccc(S(C)(=O)=O)cc2F)ncnc1OC1CC2COCC(C1)N2Cc1nc(C2CC2)no1. The van der Waals surface area contributed by atoms with Crippen molar-refractivity contribution in [1.29, 1.82) is 0 Å². The fraction of sp³-hybridized carbons (Fsp3) is 0.520. The number of piperidine rings is 1. The van der Waals surface area contributed by atoms with Crippen molar-refractivity contribution in [3.63, 3.8) is 0 Å². The normalized spacial score (nSPS) is 23.8. The Morgan fingerprint density at radius 3 is 2.63 bits per heavy atom. The minimum absolute atomic E-state index is 0.0814. The van der Waals surface area contributed by atoms with Gasteiger partial charge in [-0.15, -0.1) is 0 Å². The molecule has 2 saturated heterocycles. The van der Waals surface area contributed by atoms with Crippen LogP contribution in [0.2, 0.25) is 0 Å². The van der Waals surface area contributed by atoms with Crippen LogP contribution in [-0.4, -0.2) is 71.1 Å². The van der Waals surface area contributed by atoms with Gasteiger partial charge in [0.25, 0.3) is 0 Å². The summed E-state index contributed by atoms with van der Waals surface area (Å²) in [4.78, 5) is 15.4. The number of rotatable bonds is 8. The Kier molecular flexibility index (Phi) is 6.52. The van der Waals surface area contributed by atoms with Crippen LogP contribution in [0.5, 0.6) is 5.88 Å². The van der Waals surface area contributed by atoms with Crippen LogP contribution >= 0.6 is 0 Å². The molecular weight excluding hydrogens is 515 g/mol. The molecule has 2 aromatic heterocycles. The van der Waals surface area contributed by atoms with Gasteiger partial charge in [0.2, 0.25) is 11.8 Å². The fourth-order valence-corrected chi connectivity index (χ4v) is 5.71. The maximum absolute atomic E-state index is 14.6. The summed E-state index contributed by atoms with van der Waals surface area (Å²) in [5.74, 6) is 2.01. The largest absolute Gasteiger partial charge is 0.474 e. The molecule has 2 atom stereocenters. The first-order valence-electron chi connectivity index (χ1n) is 12.7. The number of benzene rings is 1. The third kappa shape index (κ3) is 5.22. The quantitative estimate of drug-likeness (QED) is 0.448. The van der Waals surface area contributed by atoms with E-state index in [-0.39, 0.29) is 28.8 Å². The summed E-state index contributed by atoms with van der Waals surface area (Å²) in [6.07, 6.45) is 6.06. The number of morpholine rings is 1. The van der Waals surface area contributed by atoms with E-state index in [2.05, 4.69) is 30.3 Å². The van der Waals surface area contributed by atoms with Gasteiger partial charge in [0.15, 0.2) is 15.7 Å². The van der Waals surface area contributed by atoms with Crippen LogP contribution in [-0.2, 0) is 21.1 Å². The molecule has 1 saturated carbocycles. The maximum Gasteiger partial charge on any atom is 0.240 e. The molecule has 0 amide bonds. The minimum Gasteiger partial charge on any atom is -0.474 e. The van der Waals surface area contributed by atoms with E-state index in [1.165, 1.54) is 18.5 Å². The number of nitrogens with one attached hydrogen (secondary N) is 1. The highest BCUT2D eigenvalue weighted by Gasteiger charge is 2.41. The molecule has 6 rings (SSSR count). The number of anilines is 2. The Morgan fingerprint density at radius 1 is 1.18 bits per heavy atom. The van der Waals surface area contributed by atoms with Gasteiger partial charge in [0.05, 0.1) is 35.9 Å². The van der Waals surface area contributed by atoms with E-state index in [4.69, 9.17) is 14.0 Å². The summed E-state index contributed by atoms with van der Waals surface area (Å²) >= 11 is 0. The van der Waals surface area contributed by atoms with Crippen LogP contribution < -0.4 is 10.1 Å². The summed E-state index contributed by atoms with van der Waals surface area (Å²) in [6.45, 7) is 3.58.